The van der Waals surface area contributed by atoms with Crippen LogP contribution in [0.15, 0.2) is 121 Å². The molecule has 0 atom stereocenters. The van der Waals surface area contributed by atoms with Gasteiger partial charge in [0.05, 0.1) is 22.3 Å². The van der Waals surface area contributed by atoms with Gasteiger partial charge in [-0.05, 0) is 111 Å². The zero-order chi connectivity index (χ0) is 39.4. The van der Waals surface area contributed by atoms with E-state index in [9.17, 15) is 9.59 Å². The minimum atomic E-state index is -0.708. The fourth-order valence-electron chi connectivity index (χ4n) is 3.55. The van der Waals surface area contributed by atoms with Crippen LogP contribution in [-0.2, 0) is 40.5 Å². The Morgan fingerprint density at radius 1 is 0.404 bits per heavy atom. The van der Waals surface area contributed by atoms with E-state index in [1.807, 2.05) is 130 Å². The average Bonchev–Trinajstić information content (AvgIpc) is 3.10. The first-order chi connectivity index (χ1) is 24.1. The lowest BCUT2D eigenvalue weighted by molar-refractivity contribution is -0.410. The van der Waals surface area contributed by atoms with Gasteiger partial charge < -0.3 is 0 Å². The molecule has 8 heteroatoms. The predicted octanol–water partition coefficient (Wildman–Crippen LogP) is 11.6. The lowest BCUT2D eigenvalue weighted by atomic mass is 9.98. The van der Waals surface area contributed by atoms with Crippen LogP contribution in [0.2, 0.25) is 0 Å². The second kappa shape index (κ2) is 21.9. The molecule has 0 aliphatic carbocycles. The summed E-state index contributed by atoms with van der Waals surface area (Å²) in [7, 11) is 0. The van der Waals surface area contributed by atoms with E-state index in [0.717, 1.165) is 17.0 Å². The third-order valence-electron chi connectivity index (χ3n) is 6.15. The summed E-state index contributed by atoms with van der Waals surface area (Å²) < 4.78 is 0. The largest absolute Gasteiger partial charge is 0.386 e. The molecule has 0 bridgehead atoms. The predicted molar refractivity (Wildman–Crippen MR) is 207 cm³/mol. The highest BCUT2D eigenvalue weighted by Crippen LogP contribution is 2.31. The van der Waals surface area contributed by atoms with E-state index in [0.29, 0.717) is 11.1 Å². The van der Waals surface area contributed by atoms with Crippen LogP contribution in [0.3, 0.4) is 0 Å². The maximum Gasteiger partial charge on any atom is 0.386 e. The van der Waals surface area contributed by atoms with Gasteiger partial charge in [0, 0.05) is 0 Å². The Hall–Kier alpha value is -4.34. The quantitative estimate of drug-likeness (QED) is 0.131. The Kier molecular flexibility index (Phi) is 19.2. The smallest absolute Gasteiger partial charge is 0.242 e. The topological polar surface area (TPSA) is 89.5 Å². The van der Waals surface area contributed by atoms with Gasteiger partial charge in [-0.2, -0.15) is 0 Å². The standard InChI is InChI=1S/C18H22O2.C14H10O4.C8H18O2.C4H10/c1-17(2,15-11-7-5-8-12-15)19-20-18(3,4)16-13-9-6-10-14-16;15-13(11-7-3-1-4-8-11)17-18-14(16)12-9-5-2-6-10-12;1-7(2,3)9-10-8(4,5)6;1-4(2)3/h5-14H,1-4H3;1-10H;1-6H3;4H,1-3H3. The van der Waals surface area contributed by atoms with Gasteiger partial charge in [0.15, 0.2) is 0 Å². The van der Waals surface area contributed by atoms with Gasteiger partial charge in [-0.3, -0.25) is 0 Å². The molecule has 0 heterocycles. The number of carbonyl (C=O) groups is 2. The highest BCUT2D eigenvalue weighted by atomic mass is 17.2. The molecule has 0 amide bonds. The number of hydrogen-bond donors (Lipinski definition) is 0. The Balaban J connectivity index is 0.000000388. The van der Waals surface area contributed by atoms with Crippen molar-refractivity contribution < 1.29 is 38.9 Å². The van der Waals surface area contributed by atoms with E-state index >= 15 is 0 Å². The number of benzene rings is 4. The Morgan fingerprint density at radius 3 is 0.865 bits per heavy atom. The molecule has 0 spiro atoms. The molecule has 4 rings (SSSR count). The summed E-state index contributed by atoms with van der Waals surface area (Å²) in [4.78, 5) is 53.5. The summed E-state index contributed by atoms with van der Waals surface area (Å²) >= 11 is 0. The second-order valence-corrected chi connectivity index (χ2v) is 15.5. The second-order valence-electron chi connectivity index (χ2n) is 15.5. The van der Waals surface area contributed by atoms with E-state index in [1.54, 1.807) is 60.7 Å². The minimum Gasteiger partial charge on any atom is -0.242 e. The molecule has 0 aliphatic heterocycles. The Morgan fingerprint density at radius 2 is 0.635 bits per heavy atom. The van der Waals surface area contributed by atoms with E-state index < -0.39 is 23.1 Å². The van der Waals surface area contributed by atoms with Crippen molar-refractivity contribution in [1.29, 1.82) is 0 Å². The monoisotopic (exact) mass is 716 g/mol. The normalized spacial score (nSPS) is 11.4. The molecule has 52 heavy (non-hydrogen) atoms. The molecule has 0 N–H and O–H groups in total. The van der Waals surface area contributed by atoms with Crippen molar-refractivity contribution in [3.8, 4) is 0 Å². The van der Waals surface area contributed by atoms with Crippen LogP contribution in [0.5, 0.6) is 0 Å². The van der Waals surface area contributed by atoms with Gasteiger partial charge in [0.2, 0.25) is 0 Å². The summed E-state index contributed by atoms with van der Waals surface area (Å²) in [5.74, 6) is -0.584. The fourth-order valence-corrected chi connectivity index (χ4v) is 3.55. The van der Waals surface area contributed by atoms with Gasteiger partial charge in [-0.25, -0.2) is 38.9 Å². The van der Waals surface area contributed by atoms with Crippen molar-refractivity contribution in [2.24, 2.45) is 5.92 Å². The molecule has 0 fully saturated rings. The zero-order valence-electron chi connectivity index (χ0n) is 33.4. The van der Waals surface area contributed by atoms with Gasteiger partial charge in [0.25, 0.3) is 0 Å². The molecular weight excluding hydrogens is 656 g/mol. The van der Waals surface area contributed by atoms with Crippen molar-refractivity contribution in [2.45, 2.75) is 112 Å². The molecule has 8 nitrogen and oxygen atoms in total. The van der Waals surface area contributed by atoms with Crippen LogP contribution in [0, 0.1) is 5.92 Å². The lowest BCUT2D eigenvalue weighted by Crippen LogP contribution is -2.29. The summed E-state index contributed by atoms with van der Waals surface area (Å²) in [6.07, 6.45) is 0. The van der Waals surface area contributed by atoms with Gasteiger partial charge in [-0.15, -0.1) is 0 Å². The Bertz CT molecular complexity index is 1420. The summed E-state index contributed by atoms with van der Waals surface area (Å²) in [5.41, 5.74) is 1.39. The first-order valence-corrected chi connectivity index (χ1v) is 17.5. The molecule has 0 radical (unpaired) electrons. The van der Waals surface area contributed by atoms with E-state index in [2.05, 4.69) is 30.5 Å². The van der Waals surface area contributed by atoms with E-state index in [-0.39, 0.29) is 11.2 Å². The summed E-state index contributed by atoms with van der Waals surface area (Å²) in [5, 5.41) is 0. The van der Waals surface area contributed by atoms with E-state index in [4.69, 9.17) is 19.6 Å². The van der Waals surface area contributed by atoms with Crippen molar-refractivity contribution in [3.05, 3.63) is 144 Å². The lowest BCUT2D eigenvalue weighted by Gasteiger charge is -2.31. The number of rotatable bonds is 8. The molecule has 0 aliphatic rings. The first kappa shape index (κ1) is 45.7. The molecule has 284 valence electrons. The third kappa shape index (κ3) is 20.5. The first-order valence-electron chi connectivity index (χ1n) is 17.5. The van der Waals surface area contributed by atoms with Gasteiger partial charge in [-0.1, -0.05) is 118 Å². The molecular formula is C44H60O8. The SMILES string of the molecule is CC(C)(C)OOC(C)(C)C.CC(C)(OOC(C)(C)c1ccccc1)c1ccccc1.CC(C)C.O=C(OOC(=O)c1ccccc1)c1ccccc1. The minimum absolute atomic E-state index is 0.215. The maximum atomic E-state index is 11.5. The summed E-state index contributed by atoms with van der Waals surface area (Å²) in [6, 6.07) is 36.7. The van der Waals surface area contributed by atoms with Gasteiger partial charge in [0.1, 0.15) is 11.2 Å². The molecule has 4 aromatic carbocycles. The molecule has 4 aromatic rings. The van der Waals surface area contributed by atoms with Gasteiger partial charge >= 0.3 is 11.9 Å². The zero-order valence-corrected chi connectivity index (χ0v) is 33.4. The molecule has 0 aromatic heterocycles. The maximum absolute atomic E-state index is 11.5. The summed E-state index contributed by atoms with van der Waals surface area (Å²) in [6.45, 7) is 26.3. The highest BCUT2D eigenvalue weighted by Gasteiger charge is 2.29. The van der Waals surface area contributed by atoms with Crippen LogP contribution in [-0.4, -0.2) is 23.1 Å². The molecule has 0 saturated heterocycles. The van der Waals surface area contributed by atoms with E-state index in [1.165, 1.54) is 0 Å². The van der Waals surface area contributed by atoms with Crippen LogP contribution in [0.4, 0.5) is 0 Å². The van der Waals surface area contributed by atoms with Crippen molar-refractivity contribution in [2.75, 3.05) is 0 Å². The number of hydrogen-bond acceptors (Lipinski definition) is 8. The Labute approximate surface area is 312 Å². The molecule has 0 saturated carbocycles. The molecule has 0 unspecified atom stereocenters. The van der Waals surface area contributed by atoms with Crippen molar-refractivity contribution in [3.63, 3.8) is 0 Å². The fraction of sp³-hybridized carbons (Fsp3) is 0.409. The average molecular weight is 717 g/mol. The van der Waals surface area contributed by atoms with Crippen LogP contribution >= 0.6 is 0 Å². The van der Waals surface area contributed by atoms with Crippen LogP contribution in [0.25, 0.3) is 0 Å². The third-order valence-corrected chi connectivity index (χ3v) is 6.15. The van der Waals surface area contributed by atoms with Crippen LogP contribution < -0.4 is 0 Å². The highest BCUT2D eigenvalue weighted by molar-refractivity contribution is 5.92. The van der Waals surface area contributed by atoms with Crippen molar-refractivity contribution >= 4 is 11.9 Å². The van der Waals surface area contributed by atoms with Crippen LogP contribution in [0.1, 0.15) is 122 Å². The van der Waals surface area contributed by atoms with Crippen molar-refractivity contribution in [1.82, 2.24) is 0 Å². The number of carbonyl (C=O) groups excluding carboxylic acids is 2.